The Morgan fingerprint density at radius 2 is 0.173 bits per heavy atom. The molecule has 0 bridgehead atoms. The van der Waals surface area contributed by atoms with Crippen molar-refractivity contribution in [1.82, 2.24) is 0 Å². The Labute approximate surface area is 488 Å². The average Bonchev–Trinajstić information content (AvgIpc) is 3.51. The first-order valence-electron chi connectivity index (χ1n) is 25.3. The predicted octanol–water partition coefficient (Wildman–Crippen LogP) is 23.1. The molecule has 0 amide bonds. The van der Waals surface area contributed by atoms with Crippen LogP contribution >= 0.6 is 58.8 Å². The van der Waals surface area contributed by atoms with Crippen molar-refractivity contribution in [2.45, 2.75) is 69.2 Å². The summed E-state index contributed by atoms with van der Waals surface area (Å²) in [4.78, 5) is 9.44. The summed E-state index contributed by atoms with van der Waals surface area (Å²) < 4.78 is 0. The van der Waals surface area contributed by atoms with Crippen LogP contribution in [0.2, 0.25) is 0 Å². The van der Waals surface area contributed by atoms with Gasteiger partial charge in [0.05, 0.1) is 0 Å². The van der Waals surface area contributed by atoms with Crippen molar-refractivity contribution < 1.29 is 4.79 Å². The van der Waals surface area contributed by atoms with Gasteiger partial charge >= 0.3 is 0 Å². The van der Waals surface area contributed by atoms with Gasteiger partial charge in [0.25, 0.3) is 0 Å². The van der Waals surface area contributed by atoms with Gasteiger partial charge in [0.15, 0.2) is 0 Å². The number of carbonyl (C=O) groups excluding carboxylic acids is 1. The van der Waals surface area contributed by atoms with E-state index in [0.29, 0.717) is 0 Å². The van der Waals surface area contributed by atoms with Crippen LogP contribution in [0.4, 0.5) is 0 Å². The Bertz CT molecular complexity index is 1150. The Hall–Kier alpha value is -4.82. The summed E-state index contributed by atoms with van der Waals surface area (Å²) >= 11 is 8.75. The fourth-order valence-corrected chi connectivity index (χ4v) is 3.08. The summed E-state index contributed by atoms with van der Waals surface area (Å²) in [7, 11) is 0. The minimum Gasteiger partial charge on any atom is -0.300 e. The monoisotopic (exact) mass is 1110 g/mol. The van der Waals surface area contributed by atoms with Crippen LogP contribution in [0.15, 0.2) is 291 Å². The maximum absolute atomic E-state index is 9.44. The number of carbonyl (C=O) groups is 1. The Morgan fingerprint density at radius 1 is 0.160 bits per heavy atom. The molecule has 0 aliphatic carbocycles. The van der Waals surface area contributed by atoms with Crippen molar-refractivity contribution in [3.63, 3.8) is 0 Å². The van der Waals surface area contributed by atoms with Crippen LogP contribution in [0.1, 0.15) is 69.2 Å². The molecule has 75 heavy (non-hydrogen) atoms. The van der Waals surface area contributed by atoms with E-state index >= 15 is 0 Å². The van der Waals surface area contributed by atoms with E-state index in [2.05, 4.69) is 0 Å². The molecule has 0 aromatic heterocycles. The van der Waals surface area contributed by atoms with E-state index in [1.165, 1.54) is 13.8 Å². The van der Waals surface area contributed by atoms with E-state index in [1.807, 2.05) is 409 Å². The summed E-state index contributed by atoms with van der Waals surface area (Å²) in [5.74, 6) is 0.167. The van der Waals surface area contributed by atoms with Gasteiger partial charge in [-0.05, 0) is 76.4 Å². The molecule has 0 unspecified atom stereocenters. The molecule has 0 N–H and O–H groups in total. The smallest absolute Gasteiger partial charge is 0.126 e. The second kappa shape index (κ2) is 123. The van der Waals surface area contributed by atoms with Crippen LogP contribution in [0.3, 0.4) is 0 Å². The minimum absolute atomic E-state index is 0.167. The maximum atomic E-state index is 9.44. The lowest BCUT2D eigenvalue weighted by atomic mass is 10.4. The Morgan fingerprint density at radius 3 is 0.187 bits per heavy atom. The largest absolute Gasteiger partial charge is 0.300 e. The zero-order chi connectivity index (χ0) is 59.1. The minimum atomic E-state index is 0.167. The van der Waals surface area contributed by atoms with Gasteiger partial charge in [-0.1, -0.05) is 347 Å². The van der Waals surface area contributed by atoms with Gasteiger partial charge in [-0.2, -0.15) is 58.8 Å². The van der Waals surface area contributed by atoms with Crippen LogP contribution in [0, 0.1) is 0 Å². The number of rotatable bonds is 0. The van der Waals surface area contributed by atoms with E-state index < -0.39 is 0 Å². The highest BCUT2D eigenvalue weighted by Crippen LogP contribution is 1.84. The number of hydrogen-bond donors (Lipinski definition) is 0. The summed E-state index contributed by atoms with van der Waals surface area (Å²) in [6, 6.07) is 96.0. The fourth-order valence-electron chi connectivity index (χ4n) is 3.08. The maximum Gasteiger partial charge on any atom is 0.126 e. The number of Topliss-reactive ketones (excluding diaryl/α,β-unsaturated/α-hetero) is 1. The normalized spacial score (nSPS) is 6.99. The molecule has 420 valence electrons. The van der Waals surface area contributed by atoms with Crippen molar-refractivity contribution in [3.8, 4) is 0 Å². The van der Waals surface area contributed by atoms with E-state index in [9.17, 15) is 4.79 Å². The van der Waals surface area contributed by atoms with Crippen molar-refractivity contribution in [2.75, 3.05) is 62.6 Å². The molecule has 0 atom stereocenters. The third kappa shape index (κ3) is 167. The van der Waals surface area contributed by atoms with Gasteiger partial charge in [0.1, 0.15) is 5.78 Å². The van der Waals surface area contributed by atoms with Crippen LogP contribution < -0.4 is 0 Å². The quantitative estimate of drug-likeness (QED) is 0.149. The first kappa shape index (κ1) is 92.7. The second-order valence-electron chi connectivity index (χ2n) is 12.2. The van der Waals surface area contributed by atoms with Gasteiger partial charge < -0.3 is 4.79 Å². The van der Waals surface area contributed by atoms with E-state index in [4.69, 9.17) is 0 Å². The summed E-state index contributed by atoms with van der Waals surface area (Å²) in [5.41, 5.74) is 0. The van der Waals surface area contributed by atoms with Crippen molar-refractivity contribution in [1.29, 1.82) is 0 Å². The molecule has 8 aromatic carbocycles. The standard InChI is InChI=1S/8C6H6.C3H6O.5C2H6S.4C2H6/c8*1-2-4-6-5-3-1;1-3(2)4;5*1-3-2;4*1-2/h8*1-6H;1-2H3;5*1-2H3;4*1-2H3. The van der Waals surface area contributed by atoms with Crippen molar-refractivity contribution in [2.24, 2.45) is 0 Å². The van der Waals surface area contributed by atoms with Gasteiger partial charge in [-0.15, -0.1) is 0 Å². The highest BCUT2D eigenvalue weighted by atomic mass is 32.2. The first-order chi connectivity index (χ1) is 36.8. The molecule has 0 radical (unpaired) electrons. The number of ketones is 1. The van der Waals surface area contributed by atoms with Gasteiger partial charge in [0.2, 0.25) is 0 Å². The van der Waals surface area contributed by atoms with Crippen molar-refractivity contribution >= 4 is 64.6 Å². The van der Waals surface area contributed by atoms with Crippen molar-refractivity contribution in [3.05, 3.63) is 291 Å². The van der Waals surface area contributed by atoms with E-state index in [1.54, 1.807) is 58.8 Å². The molecule has 0 heterocycles. The van der Waals surface area contributed by atoms with Crippen LogP contribution in [-0.2, 0) is 4.79 Å². The van der Waals surface area contributed by atoms with Crippen LogP contribution in [-0.4, -0.2) is 68.3 Å². The topological polar surface area (TPSA) is 17.1 Å². The number of hydrogen-bond acceptors (Lipinski definition) is 6. The van der Waals surface area contributed by atoms with Crippen LogP contribution in [0.25, 0.3) is 0 Å². The third-order valence-electron chi connectivity index (χ3n) is 5.33. The zero-order valence-electron chi connectivity index (χ0n) is 50.7. The third-order valence-corrected chi connectivity index (χ3v) is 5.33. The Balaban J connectivity index is -0.0000000757. The molecule has 8 rings (SSSR count). The lowest BCUT2D eigenvalue weighted by Gasteiger charge is -1.69. The molecule has 0 spiro atoms. The average molecular weight is 1110 g/mol. The molecule has 0 saturated carbocycles. The predicted molar refractivity (Wildman–Crippen MR) is 370 cm³/mol. The molecule has 8 aromatic rings. The summed E-state index contributed by atoms with van der Waals surface area (Å²) in [6.07, 6.45) is 20.4. The molecule has 0 aliphatic rings. The summed E-state index contributed by atoms with van der Waals surface area (Å²) in [6.45, 7) is 19.1. The van der Waals surface area contributed by atoms with Gasteiger partial charge in [-0.3, -0.25) is 0 Å². The van der Waals surface area contributed by atoms with Crippen LogP contribution in [0.5, 0.6) is 0 Å². The molecule has 0 fully saturated rings. The van der Waals surface area contributed by atoms with E-state index in [-0.39, 0.29) is 5.78 Å². The fraction of sp³-hybridized carbons (Fsp3) is 0.290. The molecular formula is C69H108OS5. The first-order valence-corrected chi connectivity index (χ1v) is 33.5. The molecular weight excluding hydrogens is 1010 g/mol. The highest BCUT2D eigenvalue weighted by Gasteiger charge is 1.63. The summed E-state index contributed by atoms with van der Waals surface area (Å²) in [5, 5.41) is 0. The molecule has 6 heteroatoms. The van der Waals surface area contributed by atoms with Gasteiger partial charge in [0, 0.05) is 0 Å². The SMILES string of the molecule is CC.CC.CC.CC.CC(C)=O.CSC.CSC.CSC.CSC.CSC.c1ccccc1.c1ccccc1.c1ccccc1.c1ccccc1.c1ccccc1.c1ccccc1.c1ccccc1.c1ccccc1. The molecule has 0 saturated heterocycles. The van der Waals surface area contributed by atoms with E-state index in [0.717, 1.165) is 0 Å². The zero-order valence-corrected chi connectivity index (χ0v) is 54.7. The van der Waals surface area contributed by atoms with Gasteiger partial charge in [-0.25, -0.2) is 0 Å². The lowest BCUT2D eigenvalue weighted by Crippen LogP contribution is -1.69. The Kier molecular flexibility index (Phi) is 152. The second-order valence-corrected chi connectivity index (χ2v) is 16.3. The molecule has 1 nitrogen and oxygen atoms in total. The lowest BCUT2D eigenvalue weighted by molar-refractivity contribution is -0.115. The number of thioether (sulfide) groups is 5. The highest BCUT2D eigenvalue weighted by molar-refractivity contribution is 7.98. The molecule has 0 aliphatic heterocycles. The number of benzene rings is 8.